The van der Waals surface area contributed by atoms with Crippen LogP contribution in [0.15, 0.2) is 52.9 Å². The summed E-state index contributed by atoms with van der Waals surface area (Å²) in [6.45, 7) is 3.63. The molecule has 10 nitrogen and oxygen atoms in total. The zero-order chi connectivity index (χ0) is 25.4. The van der Waals surface area contributed by atoms with Gasteiger partial charge in [-0.1, -0.05) is 30.3 Å². The number of nitrogens with zero attached hydrogens (tertiary/aromatic N) is 4. The first-order valence-corrected chi connectivity index (χ1v) is 12.5. The Balaban J connectivity index is 1.11. The van der Waals surface area contributed by atoms with Crippen molar-refractivity contribution in [3.05, 3.63) is 65.9 Å². The fourth-order valence-corrected chi connectivity index (χ4v) is 5.26. The number of amides is 2. The summed E-state index contributed by atoms with van der Waals surface area (Å²) in [6, 6.07) is 14.6. The maximum Gasteiger partial charge on any atom is 0.309 e. The average molecular weight is 504 g/mol. The van der Waals surface area contributed by atoms with Gasteiger partial charge in [0.1, 0.15) is 18.4 Å². The first kappa shape index (κ1) is 23.5. The minimum absolute atomic E-state index is 0.000898. The van der Waals surface area contributed by atoms with E-state index in [4.69, 9.17) is 13.9 Å². The van der Waals surface area contributed by atoms with Gasteiger partial charge in [-0.05, 0) is 36.6 Å². The number of carbonyl (C=O) groups excluding carboxylic acids is 2. The van der Waals surface area contributed by atoms with Crippen LogP contribution in [-0.4, -0.2) is 68.0 Å². The molecule has 2 saturated heterocycles. The lowest BCUT2D eigenvalue weighted by Crippen LogP contribution is -2.58. The second kappa shape index (κ2) is 9.51. The summed E-state index contributed by atoms with van der Waals surface area (Å²) in [5.41, 5.74) is 3.06. The van der Waals surface area contributed by atoms with Crippen LogP contribution in [0.4, 0.5) is 11.4 Å². The summed E-state index contributed by atoms with van der Waals surface area (Å²) in [5, 5.41) is 10.5. The number of aromatic nitrogens is 2. The van der Waals surface area contributed by atoms with Crippen LogP contribution in [0.25, 0.3) is 0 Å². The number of fused-ring (bicyclic) bond motifs is 1. The molecule has 2 aromatic carbocycles. The van der Waals surface area contributed by atoms with E-state index in [0.717, 1.165) is 50.4 Å². The lowest BCUT2D eigenvalue weighted by molar-refractivity contribution is -0.120. The van der Waals surface area contributed by atoms with Crippen LogP contribution in [0.1, 0.15) is 35.0 Å². The maximum absolute atomic E-state index is 13.3. The van der Waals surface area contributed by atoms with Gasteiger partial charge in [0.05, 0.1) is 12.1 Å². The molecular formula is C27H29N5O5. The molecule has 2 amide bonds. The summed E-state index contributed by atoms with van der Waals surface area (Å²) >= 11 is 0. The topological polar surface area (TPSA) is 110 Å². The Morgan fingerprint density at radius 3 is 2.68 bits per heavy atom. The van der Waals surface area contributed by atoms with Crippen molar-refractivity contribution in [2.45, 2.75) is 25.3 Å². The van der Waals surface area contributed by atoms with Crippen molar-refractivity contribution in [3.63, 3.8) is 0 Å². The van der Waals surface area contributed by atoms with E-state index in [9.17, 15) is 9.59 Å². The monoisotopic (exact) mass is 503 g/mol. The largest absolute Gasteiger partial charge is 0.489 e. The molecular weight excluding hydrogens is 474 g/mol. The predicted molar refractivity (Wildman–Crippen MR) is 135 cm³/mol. The molecule has 3 aliphatic heterocycles. The molecule has 3 aliphatic rings. The first-order valence-electron chi connectivity index (χ1n) is 12.5. The fourth-order valence-electron chi connectivity index (χ4n) is 5.26. The number of benzene rings is 2. The van der Waals surface area contributed by atoms with Gasteiger partial charge in [-0.3, -0.25) is 9.59 Å². The molecule has 37 heavy (non-hydrogen) atoms. The summed E-state index contributed by atoms with van der Waals surface area (Å²) in [6.07, 6.45) is 2.59. The number of likely N-dealkylation sites (N-methyl/N-ethyl adjacent to an activating group) is 1. The van der Waals surface area contributed by atoms with Crippen molar-refractivity contribution in [3.8, 4) is 5.75 Å². The molecule has 4 heterocycles. The highest BCUT2D eigenvalue weighted by atomic mass is 16.5. The third kappa shape index (κ3) is 4.64. The molecule has 0 saturated carbocycles. The number of carbonyl (C=O) groups is 2. The van der Waals surface area contributed by atoms with Crippen LogP contribution in [0.3, 0.4) is 0 Å². The number of rotatable bonds is 5. The summed E-state index contributed by atoms with van der Waals surface area (Å²) in [5.74, 6) is -0.162. The highest BCUT2D eigenvalue weighted by Gasteiger charge is 2.44. The molecule has 3 aromatic rings. The van der Waals surface area contributed by atoms with Crippen molar-refractivity contribution >= 4 is 23.2 Å². The SMILES string of the molecule is CN1C(=O)[C@H](NC(=O)c2nnc(Cc3ccccc3)o2)COc2ccc(N3CC4(CCOCC4)C3)cc21. The second-order valence-electron chi connectivity index (χ2n) is 10.0. The molecule has 192 valence electrons. The molecule has 1 atom stereocenters. The van der Waals surface area contributed by atoms with Crippen LogP contribution in [0.5, 0.6) is 5.75 Å². The van der Waals surface area contributed by atoms with Gasteiger partial charge in [0.2, 0.25) is 5.89 Å². The van der Waals surface area contributed by atoms with E-state index in [2.05, 4.69) is 20.4 Å². The highest BCUT2D eigenvalue weighted by molar-refractivity contribution is 6.02. The molecule has 1 spiro atoms. The zero-order valence-corrected chi connectivity index (χ0v) is 20.7. The van der Waals surface area contributed by atoms with E-state index in [0.29, 0.717) is 29.2 Å². The number of hydrogen-bond donors (Lipinski definition) is 1. The van der Waals surface area contributed by atoms with Gasteiger partial charge in [-0.15, -0.1) is 10.2 Å². The Morgan fingerprint density at radius 2 is 1.89 bits per heavy atom. The molecule has 0 aliphatic carbocycles. The van der Waals surface area contributed by atoms with Crippen molar-refractivity contribution in [2.75, 3.05) is 49.8 Å². The lowest BCUT2D eigenvalue weighted by Gasteiger charge is -2.53. The smallest absolute Gasteiger partial charge is 0.309 e. The van der Waals surface area contributed by atoms with Crippen LogP contribution >= 0.6 is 0 Å². The van der Waals surface area contributed by atoms with Crippen molar-refractivity contribution in [2.24, 2.45) is 5.41 Å². The number of hydrogen-bond acceptors (Lipinski definition) is 8. The summed E-state index contributed by atoms with van der Waals surface area (Å²) in [4.78, 5) is 29.9. The molecule has 0 bridgehead atoms. The van der Waals surface area contributed by atoms with Gasteiger partial charge >= 0.3 is 11.8 Å². The number of ether oxygens (including phenoxy) is 2. The van der Waals surface area contributed by atoms with E-state index < -0.39 is 11.9 Å². The van der Waals surface area contributed by atoms with E-state index in [1.165, 1.54) is 4.90 Å². The molecule has 1 N–H and O–H groups in total. The number of anilines is 2. The van der Waals surface area contributed by atoms with Crippen LogP contribution in [0.2, 0.25) is 0 Å². The molecule has 0 radical (unpaired) electrons. The quantitative estimate of drug-likeness (QED) is 0.565. The van der Waals surface area contributed by atoms with Gasteiger partial charge < -0.3 is 29.0 Å². The van der Waals surface area contributed by atoms with Gasteiger partial charge in [0.25, 0.3) is 5.91 Å². The van der Waals surface area contributed by atoms with E-state index >= 15 is 0 Å². The molecule has 6 rings (SSSR count). The van der Waals surface area contributed by atoms with Gasteiger partial charge in [-0.25, -0.2) is 0 Å². The standard InChI is InChI=1S/C27H29N5O5/c1-31-21-14-19(32-16-27(17-32)9-11-35-12-10-27)7-8-22(21)36-15-20(26(31)34)28-24(33)25-30-29-23(37-25)13-18-5-3-2-4-6-18/h2-8,14,20H,9-13,15-17H2,1H3,(H,28,33)/t20-/m1/s1. The van der Waals surface area contributed by atoms with Gasteiger partial charge in [0.15, 0.2) is 0 Å². The van der Waals surface area contributed by atoms with E-state index in [1.54, 1.807) is 7.05 Å². The molecule has 0 unspecified atom stereocenters. The molecule has 2 fully saturated rings. The maximum atomic E-state index is 13.3. The third-order valence-corrected chi connectivity index (χ3v) is 7.47. The Kier molecular flexibility index (Phi) is 6.03. The lowest BCUT2D eigenvalue weighted by atomic mass is 9.73. The molecule has 1 aromatic heterocycles. The highest BCUT2D eigenvalue weighted by Crippen LogP contribution is 2.44. The first-order chi connectivity index (χ1) is 18.0. The van der Waals surface area contributed by atoms with E-state index in [1.807, 2.05) is 48.5 Å². The predicted octanol–water partition coefficient (Wildman–Crippen LogP) is 2.43. The summed E-state index contributed by atoms with van der Waals surface area (Å²) in [7, 11) is 1.69. The minimum Gasteiger partial charge on any atom is -0.489 e. The normalized spacial score (nSPS) is 20.6. The molecule has 10 heteroatoms. The van der Waals surface area contributed by atoms with Gasteiger partial charge in [-0.2, -0.15) is 0 Å². The van der Waals surface area contributed by atoms with Crippen molar-refractivity contribution in [1.82, 2.24) is 15.5 Å². The van der Waals surface area contributed by atoms with Crippen molar-refractivity contribution in [1.29, 1.82) is 0 Å². The fraction of sp³-hybridized carbons (Fsp3) is 0.407. The Morgan fingerprint density at radius 1 is 1.11 bits per heavy atom. The van der Waals surface area contributed by atoms with Gasteiger partial charge in [0, 0.05) is 44.5 Å². The minimum atomic E-state index is -0.896. The van der Waals surface area contributed by atoms with Crippen molar-refractivity contribution < 1.29 is 23.5 Å². The van der Waals surface area contributed by atoms with Crippen LogP contribution in [-0.2, 0) is 16.0 Å². The Labute approximate surface area is 214 Å². The summed E-state index contributed by atoms with van der Waals surface area (Å²) < 4.78 is 17.0. The Hall–Kier alpha value is -3.92. The zero-order valence-electron chi connectivity index (χ0n) is 20.7. The van der Waals surface area contributed by atoms with Crippen LogP contribution in [0, 0.1) is 5.41 Å². The van der Waals surface area contributed by atoms with E-state index in [-0.39, 0.29) is 18.4 Å². The van der Waals surface area contributed by atoms with Crippen LogP contribution < -0.4 is 19.9 Å². The average Bonchev–Trinajstić information content (AvgIpc) is 3.34. The number of nitrogens with one attached hydrogen (secondary N) is 1. The third-order valence-electron chi connectivity index (χ3n) is 7.47. The second-order valence-corrected chi connectivity index (χ2v) is 10.0. The Bertz CT molecular complexity index is 1300.